The number of methoxy groups -OCH3 is 1. The van der Waals surface area contributed by atoms with Crippen molar-refractivity contribution in [3.05, 3.63) is 54.2 Å². The normalized spacial score (nSPS) is 11.9. The van der Waals surface area contributed by atoms with E-state index < -0.39 is 7.60 Å². The highest BCUT2D eigenvalue weighted by atomic mass is 31.2. The van der Waals surface area contributed by atoms with Gasteiger partial charge in [0.2, 0.25) is 0 Å². The highest BCUT2D eigenvalue weighted by molar-refractivity contribution is 7.62. The fourth-order valence-electron chi connectivity index (χ4n) is 3.52. The molecule has 3 rings (SSSR count). The van der Waals surface area contributed by atoms with E-state index in [1.807, 2.05) is 56.3 Å². The van der Waals surface area contributed by atoms with Crippen LogP contribution in [0, 0.1) is 0 Å². The van der Waals surface area contributed by atoms with Gasteiger partial charge in [0.05, 0.1) is 31.1 Å². The number of rotatable bonds is 8. The number of ether oxygens (including phenoxy) is 1. The Labute approximate surface area is 172 Å². The first-order chi connectivity index (χ1) is 13.9. The molecule has 0 spiro atoms. The summed E-state index contributed by atoms with van der Waals surface area (Å²) >= 11 is 0. The minimum Gasteiger partial charge on any atom is -0.497 e. The quantitative estimate of drug-likeness (QED) is 0.429. The van der Waals surface area contributed by atoms with E-state index in [0.717, 1.165) is 33.3 Å². The molecule has 0 atom stereocenters. The molecule has 6 heteroatoms. The number of aromatic nitrogens is 1. The van der Waals surface area contributed by atoms with Crippen LogP contribution in [0.2, 0.25) is 0 Å². The van der Waals surface area contributed by atoms with Gasteiger partial charge in [-0.2, -0.15) is 0 Å². The topological polar surface area (TPSA) is 57.7 Å². The number of fused-ring (bicyclic) bond motifs is 1. The maximum atomic E-state index is 13.8. The van der Waals surface area contributed by atoms with E-state index >= 15 is 0 Å². The Morgan fingerprint density at radius 2 is 1.76 bits per heavy atom. The van der Waals surface area contributed by atoms with Gasteiger partial charge in [0.25, 0.3) is 0 Å². The van der Waals surface area contributed by atoms with E-state index in [1.165, 1.54) is 0 Å². The van der Waals surface area contributed by atoms with E-state index in [0.29, 0.717) is 5.30 Å². The molecule has 0 amide bonds. The summed E-state index contributed by atoms with van der Waals surface area (Å²) in [7, 11) is -1.86. The average molecular weight is 413 g/mol. The Morgan fingerprint density at radius 1 is 1.03 bits per heavy atom. The molecule has 0 saturated heterocycles. The Morgan fingerprint density at radius 3 is 2.38 bits per heavy atom. The molecule has 0 N–H and O–H groups in total. The summed E-state index contributed by atoms with van der Waals surface area (Å²) in [6.45, 7) is 8.46. The second-order valence-corrected chi connectivity index (χ2v) is 8.97. The molecule has 29 heavy (non-hydrogen) atoms. The summed E-state index contributed by atoms with van der Waals surface area (Å²) in [5.74, 6) is 1.01. The first-order valence-corrected chi connectivity index (χ1v) is 11.4. The standard InChI is InChI=1S/C23H28NO4P/c1-6-27-29(25,28-7-2)21-13-10-17-9-8-14-24-23(17)22(21)19-12-11-18(26-5)15-20(19)16(3)4/h8-16H,6-7H2,1-5H3. The SMILES string of the molecule is CCOP(=O)(OCC)c1ccc2cccnc2c1-c1ccc(OC)cc1C(C)C. The van der Waals surface area contributed by atoms with Gasteiger partial charge in [-0.1, -0.05) is 32.0 Å². The zero-order chi connectivity index (χ0) is 21.0. The molecule has 0 aliphatic heterocycles. The van der Waals surface area contributed by atoms with Crippen molar-refractivity contribution in [1.82, 2.24) is 4.98 Å². The number of pyridine rings is 1. The summed E-state index contributed by atoms with van der Waals surface area (Å²) in [6.07, 6.45) is 1.75. The van der Waals surface area contributed by atoms with Crippen LogP contribution in [-0.4, -0.2) is 25.3 Å². The first kappa shape index (κ1) is 21.5. The predicted octanol–water partition coefficient (Wildman–Crippen LogP) is 5.93. The van der Waals surface area contributed by atoms with Gasteiger partial charge in [-0.15, -0.1) is 0 Å². The largest absolute Gasteiger partial charge is 0.497 e. The molecule has 2 aromatic carbocycles. The second kappa shape index (κ2) is 9.08. The highest BCUT2D eigenvalue weighted by Crippen LogP contribution is 2.51. The monoisotopic (exact) mass is 413 g/mol. The van der Waals surface area contributed by atoms with E-state index in [9.17, 15) is 4.57 Å². The van der Waals surface area contributed by atoms with Crippen molar-refractivity contribution < 1.29 is 18.3 Å². The molecule has 0 radical (unpaired) electrons. The molecule has 0 aliphatic rings. The molecule has 0 saturated carbocycles. The lowest BCUT2D eigenvalue weighted by atomic mass is 9.91. The van der Waals surface area contributed by atoms with Crippen LogP contribution in [0.15, 0.2) is 48.7 Å². The van der Waals surface area contributed by atoms with Crippen molar-refractivity contribution in [3.8, 4) is 16.9 Å². The molecule has 5 nitrogen and oxygen atoms in total. The van der Waals surface area contributed by atoms with E-state index in [2.05, 4.69) is 18.8 Å². The summed E-state index contributed by atoms with van der Waals surface area (Å²) in [4.78, 5) is 4.63. The van der Waals surface area contributed by atoms with Gasteiger partial charge in [0, 0.05) is 17.1 Å². The zero-order valence-electron chi connectivity index (χ0n) is 17.6. The van der Waals surface area contributed by atoms with Crippen LogP contribution in [0.25, 0.3) is 22.0 Å². The summed E-state index contributed by atoms with van der Waals surface area (Å²) in [5.41, 5.74) is 3.61. The van der Waals surface area contributed by atoms with Crippen LogP contribution >= 0.6 is 7.60 Å². The number of hydrogen-bond acceptors (Lipinski definition) is 5. The third-order valence-corrected chi connectivity index (χ3v) is 6.95. The van der Waals surface area contributed by atoms with E-state index in [-0.39, 0.29) is 19.1 Å². The fraction of sp³-hybridized carbons (Fsp3) is 0.348. The molecule has 0 aliphatic carbocycles. The summed E-state index contributed by atoms with van der Waals surface area (Å²) in [5, 5.41) is 1.51. The molecule has 154 valence electrons. The third kappa shape index (κ3) is 4.23. The molecule has 1 aromatic heterocycles. The van der Waals surface area contributed by atoms with E-state index in [1.54, 1.807) is 13.3 Å². The molecule has 0 unspecified atom stereocenters. The fourth-order valence-corrected chi connectivity index (χ4v) is 5.31. The molecule has 0 fully saturated rings. The minimum atomic E-state index is -3.52. The maximum absolute atomic E-state index is 13.8. The molecule has 3 aromatic rings. The highest BCUT2D eigenvalue weighted by Gasteiger charge is 2.32. The van der Waals surface area contributed by atoms with Crippen LogP contribution in [0.4, 0.5) is 0 Å². The van der Waals surface area contributed by atoms with Crippen molar-refractivity contribution in [1.29, 1.82) is 0 Å². The van der Waals surface area contributed by atoms with Gasteiger partial charge in [-0.05, 0) is 55.2 Å². The van der Waals surface area contributed by atoms with Crippen molar-refractivity contribution in [3.63, 3.8) is 0 Å². The van der Waals surface area contributed by atoms with Crippen LogP contribution in [0.3, 0.4) is 0 Å². The molecule has 1 heterocycles. The van der Waals surface area contributed by atoms with Crippen LogP contribution < -0.4 is 10.0 Å². The van der Waals surface area contributed by atoms with Gasteiger partial charge >= 0.3 is 7.60 Å². The van der Waals surface area contributed by atoms with Crippen molar-refractivity contribution in [2.45, 2.75) is 33.6 Å². The predicted molar refractivity (Wildman–Crippen MR) is 118 cm³/mol. The Bertz CT molecular complexity index is 1040. The smallest absolute Gasteiger partial charge is 0.362 e. The van der Waals surface area contributed by atoms with Gasteiger partial charge in [0.15, 0.2) is 0 Å². The number of nitrogens with zero attached hydrogens (tertiary/aromatic N) is 1. The Kier molecular flexibility index (Phi) is 6.74. The van der Waals surface area contributed by atoms with Gasteiger partial charge in [-0.3, -0.25) is 9.55 Å². The molecular weight excluding hydrogens is 385 g/mol. The lowest BCUT2D eigenvalue weighted by Gasteiger charge is -2.23. The van der Waals surface area contributed by atoms with Crippen molar-refractivity contribution >= 4 is 23.8 Å². The van der Waals surface area contributed by atoms with Gasteiger partial charge in [0.1, 0.15) is 5.75 Å². The maximum Gasteiger partial charge on any atom is 0.362 e. The van der Waals surface area contributed by atoms with Gasteiger partial charge < -0.3 is 13.8 Å². The second-order valence-electron chi connectivity index (χ2n) is 6.98. The number of hydrogen-bond donors (Lipinski definition) is 0. The Balaban J connectivity index is 2.41. The van der Waals surface area contributed by atoms with Gasteiger partial charge in [-0.25, -0.2) is 0 Å². The molecule has 0 bridgehead atoms. The van der Waals surface area contributed by atoms with E-state index in [4.69, 9.17) is 13.8 Å². The zero-order valence-corrected chi connectivity index (χ0v) is 18.5. The third-order valence-electron chi connectivity index (χ3n) is 4.80. The first-order valence-electron chi connectivity index (χ1n) is 9.90. The summed E-state index contributed by atoms with van der Waals surface area (Å²) in [6, 6.07) is 13.6. The minimum absolute atomic E-state index is 0.227. The number of benzene rings is 2. The lowest BCUT2D eigenvalue weighted by molar-refractivity contribution is 0.230. The van der Waals surface area contributed by atoms with Crippen molar-refractivity contribution in [2.75, 3.05) is 20.3 Å². The average Bonchev–Trinajstić information content (AvgIpc) is 2.72. The lowest BCUT2D eigenvalue weighted by Crippen LogP contribution is -2.15. The van der Waals surface area contributed by atoms with Crippen LogP contribution in [-0.2, 0) is 13.6 Å². The molecular formula is C23H28NO4P. The van der Waals surface area contributed by atoms with Crippen molar-refractivity contribution in [2.24, 2.45) is 0 Å². The van der Waals surface area contributed by atoms with Crippen LogP contribution in [0.1, 0.15) is 39.2 Å². The Hall–Kier alpha value is -2.20. The summed E-state index contributed by atoms with van der Waals surface area (Å²) < 4.78 is 30.6. The van der Waals surface area contributed by atoms with Crippen LogP contribution in [0.5, 0.6) is 5.75 Å².